The number of hydrogen-bond acceptors (Lipinski definition) is 3. The topological polar surface area (TPSA) is 27.7 Å². The Labute approximate surface area is 100 Å². The summed E-state index contributed by atoms with van der Waals surface area (Å²) in [5.41, 5.74) is 1.19. The molecule has 0 fully saturated rings. The van der Waals surface area contributed by atoms with E-state index in [2.05, 4.69) is 0 Å². The van der Waals surface area contributed by atoms with Crippen molar-refractivity contribution in [1.29, 1.82) is 0 Å². The second-order valence-corrected chi connectivity index (χ2v) is 5.71. The molecule has 0 aliphatic heterocycles. The molecule has 1 aromatic rings. The summed E-state index contributed by atoms with van der Waals surface area (Å²) >= 11 is 0. The Kier molecular flexibility index (Phi) is 6.65. The van der Waals surface area contributed by atoms with Gasteiger partial charge in [-0.3, -0.25) is 0 Å². The van der Waals surface area contributed by atoms with Crippen LogP contribution in [0.3, 0.4) is 0 Å². The van der Waals surface area contributed by atoms with Gasteiger partial charge in [0, 0.05) is 42.4 Å². The molecular formula is C9H15O3PtSi-. The molecular weight excluding hydrogens is 379 g/mol. The number of rotatable bonds is 5. The van der Waals surface area contributed by atoms with Gasteiger partial charge in [0.15, 0.2) is 0 Å². The number of hydrogen-bond donors (Lipinski definition) is 0. The van der Waals surface area contributed by atoms with Crippen LogP contribution in [0.2, 0.25) is 0 Å². The molecule has 0 aliphatic rings. The van der Waals surface area contributed by atoms with Gasteiger partial charge in [-0.05, 0) is 6.04 Å². The van der Waals surface area contributed by atoms with E-state index >= 15 is 0 Å². The summed E-state index contributed by atoms with van der Waals surface area (Å²) in [6.45, 7) is 0. The van der Waals surface area contributed by atoms with Gasteiger partial charge < -0.3 is 13.3 Å². The summed E-state index contributed by atoms with van der Waals surface area (Å²) in [5, 5.41) is 0. The van der Waals surface area contributed by atoms with E-state index in [4.69, 9.17) is 13.3 Å². The van der Waals surface area contributed by atoms with Crippen molar-refractivity contribution in [2.75, 3.05) is 21.3 Å². The third-order valence-electron chi connectivity index (χ3n) is 2.09. The van der Waals surface area contributed by atoms with Crippen LogP contribution in [0.25, 0.3) is 0 Å². The Balaban J connectivity index is 0.00000169. The van der Waals surface area contributed by atoms with Crippen LogP contribution >= 0.6 is 0 Å². The predicted octanol–water partition coefficient (Wildman–Crippen LogP) is 1.36. The van der Waals surface area contributed by atoms with Crippen LogP contribution in [0.15, 0.2) is 24.3 Å². The predicted molar refractivity (Wildman–Crippen MR) is 52.5 cm³/mol. The largest absolute Gasteiger partial charge is 0.492 e. The summed E-state index contributed by atoms with van der Waals surface area (Å²) in [7, 11) is 2.46. The molecule has 14 heavy (non-hydrogen) atoms. The van der Waals surface area contributed by atoms with E-state index in [0.29, 0.717) is 0 Å². The molecule has 0 spiro atoms. The molecule has 84 valence electrons. The molecule has 0 saturated carbocycles. The van der Waals surface area contributed by atoms with E-state index in [1.54, 1.807) is 21.3 Å². The molecule has 0 radical (unpaired) electrons. The Bertz CT molecular complexity index is 226. The summed E-state index contributed by atoms with van der Waals surface area (Å²) in [6.07, 6.45) is 0. The van der Waals surface area contributed by atoms with Crippen molar-refractivity contribution in [3.05, 3.63) is 29.8 Å². The maximum Gasteiger partial charge on any atom is 0.492 e. The van der Waals surface area contributed by atoms with Gasteiger partial charge in [0.1, 0.15) is 0 Å². The van der Waals surface area contributed by atoms with Crippen molar-refractivity contribution in [3.63, 3.8) is 0 Å². The van der Waals surface area contributed by atoms with Gasteiger partial charge in [0.05, 0.1) is 0 Å². The smallest absolute Gasteiger partial charge is 0.377 e. The minimum Gasteiger partial charge on any atom is -0.377 e. The normalized spacial score (nSPS) is 11.1. The van der Waals surface area contributed by atoms with Gasteiger partial charge in [0.25, 0.3) is 0 Å². The Morgan fingerprint density at radius 2 is 1.43 bits per heavy atom. The monoisotopic (exact) mass is 394 g/mol. The van der Waals surface area contributed by atoms with Gasteiger partial charge in [-0.15, -0.1) is 0 Å². The third kappa shape index (κ3) is 3.37. The Morgan fingerprint density at radius 3 is 1.79 bits per heavy atom. The van der Waals surface area contributed by atoms with E-state index in [1.807, 2.05) is 24.3 Å². The second kappa shape index (κ2) is 6.59. The molecule has 0 unspecified atom stereocenters. The molecule has 0 aliphatic carbocycles. The minimum atomic E-state index is -2.42. The van der Waals surface area contributed by atoms with Gasteiger partial charge in [-0.2, -0.15) is 17.7 Å². The molecule has 5 heteroatoms. The second-order valence-electron chi connectivity index (χ2n) is 2.77. The van der Waals surface area contributed by atoms with Crippen molar-refractivity contribution in [3.8, 4) is 0 Å². The van der Waals surface area contributed by atoms with Crippen molar-refractivity contribution < 1.29 is 34.3 Å². The quantitative estimate of drug-likeness (QED) is 0.558. The van der Waals surface area contributed by atoms with Crippen molar-refractivity contribution in [2.24, 2.45) is 0 Å². The van der Waals surface area contributed by atoms with Crippen LogP contribution in [0.1, 0.15) is 5.56 Å². The van der Waals surface area contributed by atoms with Crippen LogP contribution in [-0.2, 0) is 40.4 Å². The van der Waals surface area contributed by atoms with Gasteiger partial charge in [-0.1, -0.05) is 0 Å². The zero-order valence-corrected chi connectivity index (χ0v) is 11.8. The first kappa shape index (κ1) is 14.1. The molecule has 0 atom stereocenters. The first-order valence-corrected chi connectivity index (χ1v) is 6.05. The van der Waals surface area contributed by atoms with Gasteiger partial charge in [-0.25, -0.2) is 12.1 Å². The summed E-state index contributed by atoms with van der Waals surface area (Å²) < 4.78 is 15.9. The van der Waals surface area contributed by atoms with Gasteiger partial charge in [0.2, 0.25) is 0 Å². The van der Waals surface area contributed by atoms with Crippen LogP contribution in [0.5, 0.6) is 0 Å². The third-order valence-corrected chi connectivity index (χ3v) is 4.79. The van der Waals surface area contributed by atoms with E-state index < -0.39 is 8.80 Å². The summed E-state index contributed by atoms with van der Waals surface area (Å²) in [5.74, 6) is 0. The molecule has 1 aromatic carbocycles. The van der Waals surface area contributed by atoms with Crippen LogP contribution in [0, 0.1) is 0 Å². The Hall–Kier alpha value is 0.135. The molecule has 1 rings (SSSR count). The zero-order chi connectivity index (χ0) is 9.73. The van der Waals surface area contributed by atoms with Gasteiger partial charge >= 0.3 is 8.80 Å². The van der Waals surface area contributed by atoms with Crippen molar-refractivity contribution in [2.45, 2.75) is 6.04 Å². The van der Waals surface area contributed by atoms with E-state index in [9.17, 15) is 0 Å². The van der Waals surface area contributed by atoms with Crippen LogP contribution < -0.4 is 0 Å². The van der Waals surface area contributed by atoms with E-state index in [1.165, 1.54) is 5.56 Å². The van der Waals surface area contributed by atoms with E-state index in [0.717, 1.165) is 6.04 Å². The average molecular weight is 394 g/mol. The first-order valence-electron chi connectivity index (χ1n) is 4.12. The molecule has 0 N–H and O–H groups in total. The molecule has 0 aromatic heterocycles. The average Bonchev–Trinajstić information content (AvgIpc) is 2.67. The standard InChI is InChI=1S/C9H15O3Si.Pt/c1-10-13(11-2,12-3)8-9-6-4-5-7-9;/h4-7H,8H2,1-3H3;/q-1;. The SMILES string of the molecule is CO[Si](C[c-]1cccc1)(OC)OC.[Pt]. The zero-order valence-electron chi connectivity index (χ0n) is 8.56. The van der Waals surface area contributed by atoms with Crippen molar-refractivity contribution in [1.82, 2.24) is 0 Å². The van der Waals surface area contributed by atoms with E-state index in [-0.39, 0.29) is 21.1 Å². The maximum atomic E-state index is 5.30. The summed E-state index contributed by atoms with van der Waals surface area (Å²) in [4.78, 5) is 0. The van der Waals surface area contributed by atoms with Crippen LogP contribution in [-0.4, -0.2) is 30.1 Å². The fraction of sp³-hybridized carbons (Fsp3) is 0.444. The molecule has 3 nitrogen and oxygen atoms in total. The first-order chi connectivity index (χ1) is 6.26. The molecule has 0 bridgehead atoms. The van der Waals surface area contributed by atoms with Crippen molar-refractivity contribution >= 4 is 8.80 Å². The minimum absolute atomic E-state index is 0. The Morgan fingerprint density at radius 1 is 1.00 bits per heavy atom. The molecule has 0 amide bonds. The summed E-state index contributed by atoms with van der Waals surface area (Å²) in [6, 6.07) is 8.80. The molecule has 0 heterocycles. The fourth-order valence-electron chi connectivity index (χ4n) is 1.25. The molecule has 0 saturated heterocycles. The van der Waals surface area contributed by atoms with Crippen LogP contribution in [0.4, 0.5) is 0 Å². The maximum absolute atomic E-state index is 5.30. The fourth-order valence-corrected chi connectivity index (χ4v) is 2.92.